The van der Waals surface area contributed by atoms with E-state index in [1.54, 1.807) is 0 Å². The van der Waals surface area contributed by atoms with Gasteiger partial charge in [-0.1, -0.05) is 0 Å². The Bertz CT molecular complexity index is 598. The molecule has 0 spiro atoms. The van der Waals surface area contributed by atoms with E-state index in [2.05, 4.69) is 14.5 Å². The van der Waals surface area contributed by atoms with Gasteiger partial charge in [0.25, 0.3) is 0 Å². The third-order valence-electron chi connectivity index (χ3n) is 2.67. The third-order valence-corrected chi connectivity index (χ3v) is 2.67. The van der Waals surface area contributed by atoms with Crippen molar-refractivity contribution in [2.45, 2.75) is 40.2 Å². The third kappa shape index (κ3) is 4.34. The highest BCUT2D eigenvalue weighted by Gasteiger charge is 2.38. The van der Waals surface area contributed by atoms with Gasteiger partial charge in [0.05, 0.1) is 5.69 Å². The minimum atomic E-state index is -4.82. The summed E-state index contributed by atoms with van der Waals surface area (Å²) in [6.07, 6.45) is -4.82. The molecule has 0 saturated carbocycles. The summed E-state index contributed by atoms with van der Waals surface area (Å²) >= 11 is 0. The number of halogens is 3. The molecule has 0 bridgehead atoms. The Morgan fingerprint density at radius 3 is 1.95 bits per heavy atom. The van der Waals surface area contributed by atoms with Crippen molar-refractivity contribution in [2.24, 2.45) is 0 Å². The van der Waals surface area contributed by atoms with E-state index in [0.717, 1.165) is 13.8 Å². The maximum atomic E-state index is 13.1. The summed E-state index contributed by atoms with van der Waals surface area (Å²) in [6, 6.07) is 0. The predicted molar refractivity (Wildman–Crippen MR) is 66.6 cm³/mol. The zero-order valence-electron chi connectivity index (χ0n) is 12.1. The lowest BCUT2D eigenvalue weighted by Gasteiger charge is -2.18. The number of aromatic hydroxyl groups is 1. The largest absolute Gasteiger partial charge is 0.506 e. The molecule has 0 unspecified atom stereocenters. The molecular formula is C13H14F3NO5. The van der Waals surface area contributed by atoms with Crippen molar-refractivity contribution < 1.29 is 37.3 Å². The number of hydrogen-bond donors (Lipinski definition) is 1. The summed E-state index contributed by atoms with van der Waals surface area (Å²) in [5, 5.41) is 9.89. The van der Waals surface area contributed by atoms with Crippen LogP contribution in [0.3, 0.4) is 0 Å². The Hall–Kier alpha value is -2.32. The van der Waals surface area contributed by atoms with Crippen LogP contribution in [0.1, 0.15) is 36.4 Å². The molecule has 122 valence electrons. The molecule has 0 aliphatic carbocycles. The number of pyridine rings is 1. The highest BCUT2D eigenvalue weighted by Crippen LogP contribution is 2.37. The van der Waals surface area contributed by atoms with E-state index in [1.165, 1.54) is 6.92 Å². The molecule has 1 aromatic heterocycles. The van der Waals surface area contributed by atoms with E-state index < -0.39 is 48.3 Å². The fourth-order valence-electron chi connectivity index (χ4n) is 1.69. The van der Waals surface area contributed by atoms with Crippen LogP contribution in [0.5, 0.6) is 5.75 Å². The molecule has 0 aliphatic rings. The molecule has 0 radical (unpaired) electrons. The highest BCUT2D eigenvalue weighted by atomic mass is 19.4. The second kappa shape index (κ2) is 6.63. The summed E-state index contributed by atoms with van der Waals surface area (Å²) < 4.78 is 48.4. The number of alkyl halides is 3. The van der Waals surface area contributed by atoms with Gasteiger partial charge < -0.3 is 14.6 Å². The van der Waals surface area contributed by atoms with E-state index in [-0.39, 0.29) is 11.3 Å². The van der Waals surface area contributed by atoms with Crippen LogP contribution in [-0.4, -0.2) is 22.0 Å². The molecule has 0 atom stereocenters. The van der Waals surface area contributed by atoms with Gasteiger partial charge in [-0.3, -0.25) is 9.59 Å². The zero-order valence-corrected chi connectivity index (χ0v) is 12.1. The molecule has 1 aromatic rings. The molecule has 0 aliphatic heterocycles. The number of rotatable bonds is 4. The van der Waals surface area contributed by atoms with E-state index in [1.807, 2.05) is 0 Å². The van der Waals surface area contributed by atoms with Crippen molar-refractivity contribution in [3.63, 3.8) is 0 Å². The molecule has 0 saturated heterocycles. The van der Waals surface area contributed by atoms with E-state index in [9.17, 15) is 27.9 Å². The Kier molecular flexibility index (Phi) is 5.34. The van der Waals surface area contributed by atoms with Crippen molar-refractivity contribution in [1.29, 1.82) is 0 Å². The molecule has 22 heavy (non-hydrogen) atoms. The summed E-state index contributed by atoms with van der Waals surface area (Å²) in [6.45, 7) is 1.94. The van der Waals surface area contributed by atoms with Crippen LogP contribution < -0.4 is 0 Å². The maximum absolute atomic E-state index is 13.1. The number of ether oxygens (including phenoxy) is 2. The van der Waals surface area contributed by atoms with Gasteiger partial charge in [0.1, 0.15) is 19.0 Å². The fourth-order valence-corrected chi connectivity index (χ4v) is 1.69. The number of aryl methyl sites for hydroxylation is 1. The van der Waals surface area contributed by atoms with E-state index in [0.29, 0.717) is 0 Å². The standard InChI is InChI=1S/C13H14F3NO5/c1-6-11(20)9(4-21-7(2)18)10(5-22-8(3)19)12(17-6)13(14,15)16/h20H,4-5H2,1-3H3. The van der Waals surface area contributed by atoms with Crippen LogP contribution >= 0.6 is 0 Å². The molecule has 9 heteroatoms. The van der Waals surface area contributed by atoms with Gasteiger partial charge in [-0.25, -0.2) is 4.98 Å². The lowest BCUT2D eigenvalue weighted by molar-refractivity contribution is -0.148. The Balaban J connectivity index is 3.43. The van der Waals surface area contributed by atoms with Gasteiger partial charge in [-0.05, 0) is 6.92 Å². The number of nitrogens with zero attached hydrogens (tertiary/aromatic N) is 1. The fraction of sp³-hybridized carbons (Fsp3) is 0.462. The van der Waals surface area contributed by atoms with Crippen molar-refractivity contribution >= 4 is 11.9 Å². The van der Waals surface area contributed by atoms with Gasteiger partial charge in [0.15, 0.2) is 5.69 Å². The molecule has 1 heterocycles. The summed E-state index contributed by atoms with van der Waals surface area (Å²) in [7, 11) is 0. The monoisotopic (exact) mass is 321 g/mol. The van der Waals surface area contributed by atoms with Crippen LogP contribution in [0.2, 0.25) is 0 Å². The number of carbonyl (C=O) groups excluding carboxylic acids is 2. The second-order valence-electron chi connectivity index (χ2n) is 4.41. The van der Waals surface area contributed by atoms with E-state index >= 15 is 0 Å². The Labute approximate surface area is 123 Å². The zero-order chi connectivity index (χ0) is 17.1. The average Bonchev–Trinajstić information content (AvgIpc) is 2.36. The summed E-state index contributed by atoms with van der Waals surface area (Å²) in [4.78, 5) is 25.0. The van der Waals surface area contributed by atoms with Crippen LogP contribution in [0.15, 0.2) is 0 Å². The smallest absolute Gasteiger partial charge is 0.433 e. The second-order valence-corrected chi connectivity index (χ2v) is 4.41. The minimum absolute atomic E-state index is 0.277. The Morgan fingerprint density at radius 1 is 1.09 bits per heavy atom. The van der Waals surface area contributed by atoms with Gasteiger partial charge >= 0.3 is 18.1 Å². The molecule has 6 nitrogen and oxygen atoms in total. The minimum Gasteiger partial charge on any atom is -0.506 e. The first kappa shape index (κ1) is 17.7. The van der Waals surface area contributed by atoms with Crippen LogP contribution in [-0.2, 0) is 38.5 Å². The molecule has 1 N–H and O–H groups in total. The molecule has 0 aromatic carbocycles. The van der Waals surface area contributed by atoms with E-state index in [4.69, 9.17) is 0 Å². The topological polar surface area (TPSA) is 85.7 Å². The van der Waals surface area contributed by atoms with Gasteiger partial charge in [0.2, 0.25) is 0 Å². The van der Waals surface area contributed by atoms with Gasteiger partial charge in [0, 0.05) is 25.0 Å². The van der Waals surface area contributed by atoms with Gasteiger partial charge in [-0.2, -0.15) is 13.2 Å². The number of carbonyl (C=O) groups is 2. The van der Waals surface area contributed by atoms with Crippen molar-refractivity contribution in [1.82, 2.24) is 4.98 Å². The van der Waals surface area contributed by atoms with Crippen LogP contribution in [0.4, 0.5) is 13.2 Å². The SMILES string of the molecule is CC(=O)OCc1c(C(F)(F)F)nc(C)c(O)c1COC(C)=O. The average molecular weight is 321 g/mol. The number of hydrogen-bond acceptors (Lipinski definition) is 6. The molecular weight excluding hydrogens is 307 g/mol. The summed E-state index contributed by atoms with van der Waals surface area (Å²) in [5.74, 6) is -2.08. The first-order valence-electron chi connectivity index (χ1n) is 6.09. The normalized spacial score (nSPS) is 11.2. The predicted octanol–water partition coefficient (Wildman–Crippen LogP) is 2.24. The lowest BCUT2D eigenvalue weighted by atomic mass is 10.0. The lowest BCUT2D eigenvalue weighted by Crippen LogP contribution is -2.18. The maximum Gasteiger partial charge on any atom is 0.433 e. The van der Waals surface area contributed by atoms with Gasteiger partial charge in [-0.15, -0.1) is 0 Å². The molecule has 0 fully saturated rings. The van der Waals surface area contributed by atoms with Crippen molar-refractivity contribution in [3.8, 4) is 5.75 Å². The summed E-state index contributed by atoms with van der Waals surface area (Å²) in [5.41, 5.74) is -2.42. The van der Waals surface area contributed by atoms with Crippen molar-refractivity contribution in [3.05, 3.63) is 22.5 Å². The van der Waals surface area contributed by atoms with Crippen LogP contribution in [0.25, 0.3) is 0 Å². The van der Waals surface area contributed by atoms with Crippen molar-refractivity contribution in [2.75, 3.05) is 0 Å². The number of aromatic nitrogens is 1. The first-order chi connectivity index (χ1) is 10.0. The Morgan fingerprint density at radius 2 is 1.55 bits per heavy atom. The number of esters is 2. The highest BCUT2D eigenvalue weighted by molar-refractivity contribution is 5.66. The van der Waals surface area contributed by atoms with Crippen LogP contribution in [0, 0.1) is 6.92 Å². The quantitative estimate of drug-likeness (QED) is 0.856. The molecule has 0 amide bonds. The first-order valence-corrected chi connectivity index (χ1v) is 6.09. The molecule has 1 rings (SSSR count).